The number of aliphatic hydroxyl groups is 1. The molecule has 4 rings (SSSR count). The molecule has 2 aliphatic heterocycles. The first-order valence-corrected chi connectivity index (χ1v) is 8.98. The summed E-state index contributed by atoms with van der Waals surface area (Å²) in [7, 11) is 0. The molecule has 3 unspecified atom stereocenters. The van der Waals surface area contributed by atoms with E-state index >= 15 is 0 Å². The summed E-state index contributed by atoms with van der Waals surface area (Å²) < 4.78 is 10.7. The van der Waals surface area contributed by atoms with Gasteiger partial charge in [0.25, 0.3) is 0 Å². The largest absolute Gasteiger partial charge is 0.385 e. The van der Waals surface area contributed by atoms with Crippen molar-refractivity contribution >= 4 is 18.2 Å². The molecule has 0 aliphatic carbocycles. The Morgan fingerprint density at radius 3 is 2.26 bits per heavy atom. The van der Waals surface area contributed by atoms with Crippen molar-refractivity contribution in [2.24, 2.45) is 10.9 Å². The molecule has 0 spiro atoms. The van der Waals surface area contributed by atoms with Crippen LogP contribution in [0.25, 0.3) is 0 Å². The van der Waals surface area contributed by atoms with E-state index in [4.69, 9.17) is 14.5 Å². The van der Waals surface area contributed by atoms with Gasteiger partial charge >= 0.3 is 0 Å². The van der Waals surface area contributed by atoms with Crippen LogP contribution in [-0.4, -0.2) is 37.1 Å². The van der Waals surface area contributed by atoms with Crippen molar-refractivity contribution in [2.75, 3.05) is 20.0 Å². The van der Waals surface area contributed by atoms with Crippen LogP contribution < -0.4 is 5.32 Å². The molecule has 3 atom stereocenters. The number of amidine groups is 1. The number of hydrogen-bond donors (Lipinski definition) is 2. The number of ether oxygens (including phenoxy) is 2. The van der Waals surface area contributed by atoms with E-state index < -0.39 is 11.6 Å². The highest BCUT2D eigenvalue weighted by Crippen LogP contribution is 2.42. The molecule has 144 valence electrons. The summed E-state index contributed by atoms with van der Waals surface area (Å²) >= 11 is 0. The zero-order valence-electron chi connectivity index (χ0n) is 15.2. The zero-order valence-corrected chi connectivity index (χ0v) is 16.1. The van der Waals surface area contributed by atoms with Crippen LogP contribution in [0.4, 0.5) is 0 Å². The molecule has 5 nitrogen and oxygen atoms in total. The maximum Gasteiger partial charge on any atom is 0.146 e. The predicted octanol–water partition coefficient (Wildman–Crippen LogP) is 3.05. The first-order valence-electron chi connectivity index (χ1n) is 8.98. The van der Waals surface area contributed by atoms with Crippen LogP contribution in [0.1, 0.15) is 24.1 Å². The maximum absolute atomic E-state index is 10.9. The van der Waals surface area contributed by atoms with Gasteiger partial charge in [0.2, 0.25) is 0 Å². The Morgan fingerprint density at radius 2 is 1.63 bits per heavy atom. The fraction of sp³-hybridized carbons (Fsp3) is 0.381. The first kappa shape index (κ1) is 19.8. The fourth-order valence-electron chi connectivity index (χ4n) is 3.75. The number of nitrogens with zero attached hydrogens (tertiary/aromatic N) is 1. The third kappa shape index (κ3) is 3.87. The Labute approximate surface area is 165 Å². The second kappa shape index (κ2) is 8.40. The van der Waals surface area contributed by atoms with Gasteiger partial charge in [-0.3, -0.25) is 4.99 Å². The first-order chi connectivity index (χ1) is 12.7. The Kier molecular flexibility index (Phi) is 6.17. The molecule has 2 aromatic rings. The molecule has 1 fully saturated rings. The molecule has 6 heteroatoms. The van der Waals surface area contributed by atoms with Gasteiger partial charge in [0, 0.05) is 5.92 Å². The smallest absolute Gasteiger partial charge is 0.146 e. The Hall–Kier alpha value is -1.92. The lowest BCUT2D eigenvalue weighted by molar-refractivity contribution is -0.140. The highest BCUT2D eigenvalue weighted by molar-refractivity contribution is 5.90. The normalized spacial score (nSPS) is 26.6. The summed E-state index contributed by atoms with van der Waals surface area (Å²) in [6.45, 7) is 3.37. The molecule has 0 bridgehead atoms. The molecule has 1 saturated heterocycles. The molecule has 2 aliphatic rings. The monoisotopic (exact) mass is 388 g/mol. The van der Waals surface area contributed by atoms with Crippen LogP contribution >= 0.6 is 12.4 Å². The van der Waals surface area contributed by atoms with Crippen LogP contribution in [0, 0.1) is 5.92 Å². The standard InChI is InChI=1S/C21H24N2O3.ClH/c1-21(17-10-6-3-7-11-17)19(15-8-4-2-5-9-15)22-20(23-21)18(24)16-12-25-14-26-13-16;/h2-11,16,18-19,24H,12-14H2,1H3,(H,22,23);1H. The summed E-state index contributed by atoms with van der Waals surface area (Å²) in [5.74, 6) is 0.480. The van der Waals surface area contributed by atoms with Crippen molar-refractivity contribution in [2.45, 2.75) is 24.6 Å². The van der Waals surface area contributed by atoms with Gasteiger partial charge in [-0.1, -0.05) is 60.7 Å². The molecule has 0 amide bonds. The minimum Gasteiger partial charge on any atom is -0.385 e. The van der Waals surface area contributed by atoms with E-state index in [0.717, 1.165) is 11.1 Å². The van der Waals surface area contributed by atoms with Gasteiger partial charge in [-0.15, -0.1) is 12.4 Å². The summed E-state index contributed by atoms with van der Waals surface area (Å²) in [5.41, 5.74) is 1.82. The van der Waals surface area contributed by atoms with Gasteiger partial charge in [-0.05, 0) is 18.1 Å². The van der Waals surface area contributed by atoms with Gasteiger partial charge in [0.05, 0.1) is 18.8 Å². The number of aliphatic hydroxyl groups excluding tert-OH is 1. The van der Waals surface area contributed by atoms with Gasteiger partial charge < -0.3 is 19.9 Å². The average Bonchev–Trinajstić information content (AvgIpc) is 3.08. The van der Waals surface area contributed by atoms with Crippen LogP contribution in [0.3, 0.4) is 0 Å². The molecule has 2 N–H and O–H groups in total. The van der Waals surface area contributed by atoms with Gasteiger partial charge in [0.1, 0.15) is 24.8 Å². The minimum absolute atomic E-state index is 0. The van der Waals surface area contributed by atoms with Crippen molar-refractivity contribution in [1.29, 1.82) is 0 Å². The van der Waals surface area contributed by atoms with Crippen LogP contribution in [0.5, 0.6) is 0 Å². The Morgan fingerprint density at radius 1 is 1.04 bits per heavy atom. The highest BCUT2D eigenvalue weighted by Gasteiger charge is 2.45. The summed E-state index contributed by atoms with van der Waals surface area (Å²) in [4.78, 5) is 4.91. The third-order valence-corrected chi connectivity index (χ3v) is 5.25. The molecule has 2 heterocycles. The summed E-state index contributed by atoms with van der Waals surface area (Å²) in [5, 5.41) is 14.4. The van der Waals surface area contributed by atoms with Crippen LogP contribution in [-0.2, 0) is 15.0 Å². The van der Waals surface area contributed by atoms with E-state index in [1.807, 2.05) is 36.4 Å². The number of nitrogens with one attached hydrogen (secondary N) is 1. The number of benzene rings is 2. The summed E-state index contributed by atoms with van der Waals surface area (Å²) in [6.07, 6.45) is -0.743. The molecule has 0 radical (unpaired) electrons. The third-order valence-electron chi connectivity index (χ3n) is 5.25. The van der Waals surface area contributed by atoms with Crippen molar-refractivity contribution in [1.82, 2.24) is 5.32 Å². The van der Waals surface area contributed by atoms with E-state index in [1.165, 1.54) is 0 Å². The van der Waals surface area contributed by atoms with Gasteiger partial charge in [0.15, 0.2) is 0 Å². The SMILES string of the molecule is CC1(c2ccccc2)NC(C(O)C2COCOC2)=NC1c1ccccc1.Cl. The Bertz CT molecular complexity index is 766. The number of rotatable bonds is 4. The topological polar surface area (TPSA) is 63.1 Å². The quantitative estimate of drug-likeness (QED) is 0.845. The number of halogens is 1. The molecule has 0 saturated carbocycles. The highest BCUT2D eigenvalue weighted by atomic mass is 35.5. The van der Waals surface area contributed by atoms with Crippen molar-refractivity contribution < 1.29 is 14.6 Å². The second-order valence-corrected chi connectivity index (χ2v) is 7.09. The molecule has 2 aromatic carbocycles. The second-order valence-electron chi connectivity index (χ2n) is 7.09. The van der Waals surface area contributed by atoms with Crippen molar-refractivity contribution in [3.05, 3.63) is 71.8 Å². The minimum atomic E-state index is -0.743. The van der Waals surface area contributed by atoms with E-state index in [9.17, 15) is 5.11 Å². The van der Waals surface area contributed by atoms with E-state index in [0.29, 0.717) is 19.0 Å². The van der Waals surface area contributed by atoms with Crippen LogP contribution in [0.15, 0.2) is 65.7 Å². The lowest BCUT2D eigenvalue weighted by atomic mass is 9.82. The van der Waals surface area contributed by atoms with Crippen molar-refractivity contribution in [3.63, 3.8) is 0 Å². The number of aliphatic imine (C=N–C) groups is 1. The average molecular weight is 389 g/mol. The van der Waals surface area contributed by atoms with E-state index in [1.54, 1.807) is 0 Å². The summed E-state index contributed by atoms with van der Waals surface area (Å²) in [6, 6.07) is 20.3. The maximum atomic E-state index is 10.9. The van der Waals surface area contributed by atoms with Gasteiger partial charge in [-0.25, -0.2) is 0 Å². The lowest BCUT2D eigenvalue weighted by Crippen LogP contribution is -2.48. The molecular weight excluding hydrogens is 364 g/mol. The zero-order chi connectivity index (χ0) is 18.0. The molecule has 0 aromatic heterocycles. The Balaban J connectivity index is 0.00000210. The van der Waals surface area contributed by atoms with Gasteiger partial charge in [-0.2, -0.15) is 0 Å². The van der Waals surface area contributed by atoms with E-state index in [-0.39, 0.29) is 31.2 Å². The van der Waals surface area contributed by atoms with E-state index in [2.05, 4.69) is 36.5 Å². The fourth-order valence-corrected chi connectivity index (χ4v) is 3.75. The predicted molar refractivity (Wildman–Crippen MR) is 107 cm³/mol. The van der Waals surface area contributed by atoms with Crippen LogP contribution in [0.2, 0.25) is 0 Å². The van der Waals surface area contributed by atoms with Crippen molar-refractivity contribution in [3.8, 4) is 0 Å². The number of hydrogen-bond acceptors (Lipinski definition) is 5. The molecule has 27 heavy (non-hydrogen) atoms. The molecular formula is C21H25ClN2O3. The lowest BCUT2D eigenvalue weighted by Gasteiger charge is -2.33.